The second-order valence-electron chi connectivity index (χ2n) is 4.03. The van der Waals surface area contributed by atoms with Gasteiger partial charge in [-0.25, -0.2) is 0 Å². The van der Waals surface area contributed by atoms with E-state index in [-0.39, 0.29) is 6.42 Å². The van der Waals surface area contributed by atoms with Gasteiger partial charge in [0.05, 0.1) is 9.39 Å². The number of carboxylic acid groups (broad SMARTS) is 1. The van der Waals surface area contributed by atoms with Crippen LogP contribution in [-0.4, -0.2) is 22.3 Å². The summed E-state index contributed by atoms with van der Waals surface area (Å²) in [7, 11) is 0. The lowest BCUT2D eigenvalue weighted by Gasteiger charge is -2.01. The second kappa shape index (κ2) is 6.78. The lowest BCUT2D eigenvalue weighted by atomic mass is 10.0. The number of hydrogen-bond acceptors (Lipinski definition) is 2. The summed E-state index contributed by atoms with van der Waals surface area (Å²) in [6.07, 6.45) is 4.56. The molecule has 1 aromatic heterocycles. The largest absolute Gasteiger partial charge is 0.481 e. The highest BCUT2D eigenvalue weighted by molar-refractivity contribution is 14.1. The molecule has 4 nitrogen and oxygen atoms in total. The maximum Gasteiger partial charge on any atom is 0.303 e. The van der Waals surface area contributed by atoms with E-state index in [1.165, 1.54) is 5.56 Å². The van der Waals surface area contributed by atoms with Crippen LogP contribution in [-0.2, 0) is 11.2 Å². The molecule has 0 amide bonds. The average molecular weight is 349 g/mol. The molecule has 0 fully saturated rings. The number of aromatic amines is 1. The van der Waals surface area contributed by atoms with Crippen LogP contribution >= 0.6 is 22.6 Å². The monoisotopic (exact) mass is 349 g/mol. The zero-order valence-corrected chi connectivity index (χ0v) is 11.9. The van der Waals surface area contributed by atoms with Gasteiger partial charge in [0.15, 0.2) is 6.29 Å². The topological polar surface area (TPSA) is 70.2 Å². The lowest BCUT2D eigenvalue weighted by Crippen LogP contribution is -1.95. The van der Waals surface area contributed by atoms with Crippen molar-refractivity contribution < 1.29 is 14.7 Å². The molecule has 0 aromatic carbocycles. The Morgan fingerprint density at radius 2 is 2.12 bits per heavy atom. The standard InChI is InChI=1S/C12H16INO3/c1-8-9(12(13)14-10(8)7-15)5-3-2-4-6-11(16)17/h7,14H,2-6H2,1H3,(H,16,17). The highest BCUT2D eigenvalue weighted by atomic mass is 127. The third-order valence-corrected chi connectivity index (χ3v) is 3.72. The fraction of sp³-hybridized carbons (Fsp3) is 0.500. The van der Waals surface area contributed by atoms with Gasteiger partial charge in [0.25, 0.3) is 0 Å². The molecule has 0 radical (unpaired) electrons. The van der Waals surface area contributed by atoms with Gasteiger partial charge in [-0.2, -0.15) is 0 Å². The number of nitrogens with one attached hydrogen (secondary N) is 1. The number of unbranched alkanes of at least 4 members (excludes halogenated alkanes) is 2. The van der Waals surface area contributed by atoms with Crippen molar-refractivity contribution >= 4 is 34.8 Å². The van der Waals surface area contributed by atoms with Crippen LogP contribution < -0.4 is 0 Å². The predicted molar refractivity (Wildman–Crippen MR) is 73.4 cm³/mol. The van der Waals surface area contributed by atoms with E-state index >= 15 is 0 Å². The molecule has 94 valence electrons. The number of halogens is 1. The number of carbonyl (C=O) groups excluding carboxylic acids is 1. The van der Waals surface area contributed by atoms with Crippen molar-refractivity contribution in [2.24, 2.45) is 0 Å². The van der Waals surface area contributed by atoms with Gasteiger partial charge in [0, 0.05) is 6.42 Å². The summed E-state index contributed by atoms with van der Waals surface area (Å²) in [6, 6.07) is 0. The van der Waals surface area contributed by atoms with Gasteiger partial charge < -0.3 is 10.1 Å². The summed E-state index contributed by atoms with van der Waals surface area (Å²) < 4.78 is 1.01. The first-order chi connectivity index (χ1) is 8.06. The van der Waals surface area contributed by atoms with Crippen LogP contribution in [0.2, 0.25) is 0 Å². The van der Waals surface area contributed by atoms with Gasteiger partial charge in [0.1, 0.15) is 0 Å². The second-order valence-corrected chi connectivity index (χ2v) is 5.11. The molecule has 0 bridgehead atoms. The van der Waals surface area contributed by atoms with E-state index in [0.717, 1.165) is 41.2 Å². The maximum absolute atomic E-state index is 10.7. The molecule has 0 aliphatic rings. The van der Waals surface area contributed by atoms with E-state index in [1.807, 2.05) is 6.92 Å². The Hall–Kier alpha value is -0.850. The van der Waals surface area contributed by atoms with E-state index in [1.54, 1.807) is 0 Å². The summed E-state index contributed by atoms with van der Waals surface area (Å²) in [5.74, 6) is -0.736. The molecular formula is C12H16INO3. The molecule has 1 aromatic rings. The highest BCUT2D eigenvalue weighted by Crippen LogP contribution is 2.21. The van der Waals surface area contributed by atoms with Gasteiger partial charge in [-0.1, -0.05) is 6.42 Å². The van der Waals surface area contributed by atoms with Gasteiger partial charge in [0.2, 0.25) is 0 Å². The van der Waals surface area contributed by atoms with Crippen LogP contribution in [0.5, 0.6) is 0 Å². The van der Waals surface area contributed by atoms with Crippen molar-refractivity contribution in [2.75, 3.05) is 0 Å². The molecule has 0 saturated carbocycles. The number of carboxylic acids is 1. The lowest BCUT2D eigenvalue weighted by molar-refractivity contribution is -0.137. The molecule has 0 saturated heterocycles. The number of aromatic nitrogens is 1. The Morgan fingerprint density at radius 1 is 1.41 bits per heavy atom. The minimum atomic E-state index is -0.736. The fourth-order valence-corrected chi connectivity index (χ4v) is 2.75. The Balaban J connectivity index is 2.44. The normalized spacial score (nSPS) is 10.5. The first kappa shape index (κ1) is 14.2. The average Bonchev–Trinajstić information content (AvgIpc) is 2.54. The Kier molecular flexibility index (Phi) is 5.67. The zero-order chi connectivity index (χ0) is 12.8. The first-order valence-corrected chi connectivity index (χ1v) is 6.68. The van der Waals surface area contributed by atoms with E-state index < -0.39 is 5.97 Å². The molecule has 0 atom stereocenters. The molecular weight excluding hydrogens is 333 g/mol. The van der Waals surface area contributed by atoms with E-state index in [0.29, 0.717) is 5.69 Å². The van der Waals surface area contributed by atoms with Crippen LogP contribution in [0.1, 0.15) is 47.3 Å². The molecule has 1 rings (SSSR count). The summed E-state index contributed by atoms with van der Waals surface area (Å²) in [4.78, 5) is 24.1. The van der Waals surface area contributed by atoms with Crippen molar-refractivity contribution in [2.45, 2.75) is 39.0 Å². The molecule has 0 spiro atoms. The fourth-order valence-electron chi connectivity index (χ4n) is 1.78. The third kappa shape index (κ3) is 4.14. The summed E-state index contributed by atoms with van der Waals surface area (Å²) in [5.41, 5.74) is 2.85. The van der Waals surface area contributed by atoms with Crippen LogP contribution in [0.25, 0.3) is 0 Å². The van der Waals surface area contributed by atoms with E-state index in [2.05, 4.69) is 27.6 Å². The first-order valence-electron chi connectivity index (χ1n) is 5.60. The van der Waals surface area contributed by atoms with Crippen molar-refractivity contribution in [3.8, 4) is 0 Å². The van der Waals surface area contributed by atoms with Crippen molar-refractivity contribution in [1.82, 2.24) is 4.98 Å². The Morgan fingerprint density at radius 3 is 2.65 bits per heavy atom. The number of carbonyl (C=O) groups is 2. The number of aliphatic carboxylic acids is 1. The Labute approximate surface area is 114 Å². The predicted octanol–water partition coefficient (Wildman–Crippen LogP) is 2.93. The van der Waals surface area contributed by atoms with Crippen LogP contribution in [0.4, 0.5) is 0 Å². The number of rotatable bonds is 7. The summed E-state index contributed by atoms with van der Waals surface area (Å²) in [6.45, 7) is 1.94. The third-order valence-electron chi connectivity index (χ3n) is 2.80. The van der Waals surface area contributed by atoms with Gasteiger partial charge in [-0.15, -0.1) is 0 Å². The number of hydrogen-bond donors (Lipinski definition) is 2. The minimum Gasteiger partial charge on any atom is -0.481 e. The van der Waals surface area contributed by atoms with E-state index in [9.17, 15) is 9.59 Å². The smallest absolute Gasteiger partial charge is 0.303 e. The van der Waals surface area contributed by atoms with Crippen LogP contribution in [0, 0.1) is 10.6 Å². The zero-order valence-electron chi connectivity index (χ0n) is 9.75. The van der Waals surface area contributed by atoms with Crippen LogP contribution in [0.3, 0.4) is 0 Å². The van der Waals surface area contributed by atoms with Gasteiger partial charge in [-0.3, -0.25) is 9.59 Å². The number of H-pyrrole nitrogens is 1. The quantitative estimate of drug-likeness (QED) is 0.452. The maximum atomic E-state index is 10.7. The SMILES string of the molecule is Cc1c(C=O)[nH]c(I)c1CCCCCC(=O)O. The molecule has 2 N–H and O–H groups in total. The molecule has 0 unspecified atom stereocenters. The van der Waals surface area contributed by atoms with Gasteiger partial charge in [-0.05, 0) is 59.9 Å². The van der Waals surface area contributed by atoms with Crippen molar-refractivity contribution in [3.05, 3.63) is 20.5 Å². The van der Waals surface area contributed by atoms with Crippen molar-refractivity contribution in [1.29, 1.82) is 0 Å². The van der Waals surface area contributed by atoms with Crippen LogP contribution in [0.15, 0.2) is 0 Å². The van der Waals surface area contributed by atoms with Crippen molar-refractivity contribution in [3.63, 3.8) is 0 Å². The molecule has 0 aliphatic heterocycles. The van der Waals surface area contributed by atoms with Gasteiger partial charge >= 0.3 is 5.97 Å². The Bertz CT molecular complexity index is 412. The molecule has 0 aliphatic carbocycles. The summed E-state index contributed by atoms with van der Waals surface area (Å²) >= 11 is 2.19. The summed E-state index contributed by atoms with van der Waals surface area (Å²) in [5, 5.41) is 8.51. The highest BCUT2D eigenvalue weighted by Gasteiger charge is 2.11. The van der Waals surface area contributed by atoms with E-state index in [4.69, 9.17) is 5.11 Å². The molecule has 17 heavy (non-hydrogen) atoms. The minimum absolute atomic E-state index is 0.239. The molecule has 5 heteroatoms. The number of aldehydes is 1. The molecule has 1 heterocycles.